The maximum absolute atomic E-state index is 11.9. The first-order chi connectivity index (χ1) is 8.49. The first-order valence-corrected chi connectivity index (χ1v) is 5.96. The monoisotopic (exact) mass is 310 g/mol. The zero-order valence-corrected chi connectivity index (χ0v) is 11.4. The summed E-state index contributed by atoms with van der Waals surface area (Å²) in [7, 11) is 1.62. The normalized spacial score (nSPS) is 10.4. The number of nitrogens with one attached hydrogen (secondary N) is 2. The number of halogens is 1. The van der Waals surface area contributed by atoms with Crippen LogP contribution < -0.4 is 10.9 Å². The third-order valence-corrected chi connectivity index (χ3v) is 3.04. The van der Waals surface area contributed by atoms with E-state index in [2.05, 4.69) is 31.4 Å². The Bertz CT molecular complexity index is 633. The number of H-pyrrole nitrogens is 1. The van der Waals surface area contributed by atoms with Crippen LogP contribution in [0.1, 0.15) is 16.1 Å². The van der Waals surface area contributed by atoms with Crippen LogP contribution >= 0.6 is 15.9 Å². The topological polar surface area (TPSA) is 79.8 Å². The Morgan fingerprint density at radius 1 is 1.56 bits per heavy atom. The van der Waals surface area contributed by atoms with Gasteiger partial charge in [-0.25, -0.2) is 0 Å². The molecular formula is C11H11BrN4O2. The van der Waals surface area contributed by atoms with Crippen LogP contribution in [0.3, 0.4) is 0 Å². The number of aromatic amines is 1. The Morgan fingerprint density at radius 3 is 2.83 bits per heavy atom. The number of hydrogen-bond donors (Lipinski definition) is 2. The first kappa shape index (κ1) is 12.6. The molecule has 2 N–H and O–H groups in total. The molecular weight excluding hydrogens is 300 g/mol. The summed E-state index contributed by atoms with van der Waals surface area (Å²) >= 11 is 3.15. The second-order valence-corrected chi connectivity index (χ2v) is 4.71. The van der Waals surface area contributed by atoms with Gasteiger partial charge in [0.15, 0.2) is 0 Å². The number of amides is 1. The van der Waals surface area contributed by atoms with Gasteiger partial charge in [-0.1, -0.05) is 0 Å². The number of aromatic nitrogens is 3. The van der Waals surface area contributed by atoms with Gasteiger partial charge in [0, 0.05) is 18.9 Å². The fraction of sp³-hybridized carbons (Fsp3) is 0.182. The van der Waals surface area contributed by atoms with E-state index >= 15 is 0 Å². The summed E-state index contributed by atoms with van der Waals surface area (Å²) in [5, 5.41) is 9.18. The third-order valence-electron chi connectivity index (χ3n) is 2.47. The van der Waals surface area contributed by atoms with Crippen molar-refractivity contribution in [2.75, 3.05) is 5.32 Å². The van der Waals surface area contributed by atoms with E-state index < -0.39 is 0 Å². The summed E-state index contributed by atoms with van der Waals surface area (Å²) in [6.07, 6.45) is 3.02. The number of anilines is 1. The molecule has 0 spiro atoms. The molecule has 0 aliphatic carbocycles. The van der Waals surface area contributed by atoms with Crippen molar-refractivity contribution < 1.29 is 4.79 Å². The summed E-state index contributed by atoms with van der Waals surface area (Å²) < 4.78 is 1.79. The van der Waals surface area contributed by atoms with Gasteiger partial charge in [-0.05, 0) is 28.9 Å². The zero-order valence-electron chi connectivity index (χ0n) is 9.82. The van der Waals surface area contributed by atoms with Gasteiger partial charge in [-0.15, -0.1) is 0 Å². The van der Waals surface area contributed by atoms with Gasteiger partial charge in [0.1, 0.15) is 0 Å². The molecule has 0 saturated heterocycles. The number of rotatable bonds is 2. The number of aryl methyl sites for hydroxylation is 2. The Kier molecular flexibility index (Phi) is 3.33. The highest BCUT2D eigenvalue weighted by molar-refractivity contribution is 9.10. The minimum Gasteiger partial charge on any atom is -0.321 e. The molecule has 0 aromatic carbocycles. The van der Waals surface area contributed by atoms with Crippen LogP contribution in [0.4, 0.5) is 5.69 Å². The van der Waals surface area contributed by atoms with E-state index in [1.165, 1.54) is 10.8 Å². The van der Waals surface area contributed by atoms with Crippen molar-refractivity contribution in [2.45, 2.75) is 6.92 Å². The predicted molar refractivity (Wildman–Crippen MR) is 70.7 cm³/mol. The van der Waals surface area contributed by atoms with Crippen molar-refractivity contribution in [3.63, 3.8) is 0 Å². The average Bonchev–Trinajstić information content (AvgIpc) is 2.72. The van der Waals surface area contributed by atoms with E-state index in [0.29, 0.717) is 21.4 Å². The molecule has 2 rings (SSSR count). The highest BCUT2D eigenvalue weighted by atomic mass is 79.9. The third kappa shape index (κ3) is 2.35. The SMILES string of the molecule is Cc1[nH]ncc1C(=O)Nc1cc(Br)c(=O)n(C)c1. The molecule has 6 nitrogen and oxygen atoms in total. The standard InChI is InChI=1S/C11H11BrN4O2/c1-6-8(4-13-15-6)10(17)14-7-3-9(12)11(18)16(2)5-7/h3-5H,1-2H3,(H,13,15)(H,14,17). The fourth-order valence-electron chi connectivity index (χ4n) is 1.52. The molecule has 2 aromatic rings. The number of carbonyl (C=O) groups excluding carboxylic acids is 1. The zero-order chi connectivity index (χ0) is 13.3. The summed E-state index contributed by atoms with van der Waals surface area (Å²) in [6, 6.07) is 1.57. The van der Waals surface area contributed by atoms with E-state index in [1.54, 1.807) is 26.2 Å². The van der Waals surface area contributed by atoms with Crippen molar-refractivity contribution in [3.05, 3.63) is 44.5 Å². The highest BCUT2D eigenvalue weighted by Crippen LogP contribution is 2.13. The minimum absolute atomic E-state index is 0.160. The van der Waals surface area contributed by atoms with Crippen molar-refractivity contribution in [1.29, 1.82) is 0 Å². The fourth-order valence-corrected chi connectivity index (χ4v) is 2.04. The van der Waals surface area contributed by atoms with Crippen molar-refractivity contribution in [3.8, 4) is 0 Å². The van der Waals surface area contributed by atoms with Crippen LogP contribution in [0.15, 0.2) is 27.7 Å². The lowest BCUT2D eigenvalue weighted by molar-refractivity contribution is 0.102. The number of hydrogen-bond acceptors (Lipinski definition) is 3. The summed E-state index contributed by atoms with van der Waals surface area (Å²) in [5.74, 6) is -0.271. The second-order valence-electron chi connectivity index (χ2n) is 3.86. The Labute approximate surface area is 111 Å². The van der Waals surface area contributed by atoms with E-state index in [9.17, 15) is 9.59 Å². The van der Waals surface area contributed by atoms with Gasteiger partial charge in [0.25, 0.3) is 11.5 Å². The molecule has 18 heavy (non-hydrogen) atoms. The van der Waals surface area contributed by atoms with Crippen molar-refractivity contribution >= 4 is 27.5 Å². The number of carbonyl (C=O) groups is 1. The van der Waals surface area contributed by atoms with Crippen LogP contribution in [0.2, 0.25) is 0 Å². The maximum Gasteiger partial charge on any atom is 0.264 e. The first-order valence-electron chi connectivity index (χ1n) is 5.16. The second kappa shape index (κ2) is 4.77. The molecule has 2 aromatic heterocycles. The number of pyridine rings is 1. The van der Waals surface area contributed by atoms with Crippen LogP contribution in [0, 0.1) is 6.92 Å². The van der Waals surface area contributed by atoms with Crippen LogP contribution in [0.5, 0.6) is 0 Å². The molecule has 0 radical (unpaired) electrons. The van der Waals surface area contributed by atoms with Crippen LogP contribution in [-0.4, -0.2) is 20.7 Å². The predicted octanol–water partition coefficient (Wildman–Crippen LogP) is 1.43. The van der Waals surface area contributed by atoms with Gasteiger partial charge in [-0.3, -0.25) is 14.7 Å². The molecule has 0 aliphatic heterocycles. The molecule has 0 atom stereocenters. The molecule has 1 amide bonds. The molecule has 0 saturated carbocycles. The lowest BCUT2D eigenvalue weighted by Gasteiger charge is -2.07. The van der Waals surface area contributed by atoms with E-state index in [1.807, 2.05) is 0 Å². The summed E-state index contributed by atoms with van der Waals surface area (Å²) in [5.41, 5.74) is 1.54. The Morgan fingerprint density at radius 2 is 2.28 bits per heavy atom. The molecule has 2 heterocycles. The Hall–Kier alpha value is -1.89. The van der Waals surface area contributed by atoms with Crippen molar-refractivity contribution in [1.82, 2.24) is 14.8 Å². The number of nitrogens with zero attached hydrogens (tertiary/aromatic N) is 2. The van der Waals surface area contributed by atoms with E-state index in [4.69, 9.17) is 0 Å². The van der Waals surface area contributed by atoms with E-state index in [0.717, 1.165) is 0 Å². The molecule has 0 bridgehead atoms. The average molecular weight is 311 g/mol. The van der Waals surface area contributed by atoms with Gasteiger partial charge in [0.2, 0.25) is 0 Å². The molecule has 94 valence electrons. The van der Waals surface area contributed by atoms with Crippen LogP contribution in [-0.2, 0) is 7.05 Å². The molecule has 0 unspecified atom stereocenters. The Balaban J connectivity index is 2.28. The molecule has 7 heteroatoms. The largest absolute Gasteiger partial charge is 0.321 e. The quantitative estimate of drug-likeness (QED) is 0.880. The van der Waals surface area contributed by atoms with Gasteiger partial charge in [0.05, 0.1) is 21.9 Å². The van der Waals surface area contributed by atoms with Crippen molar-refractivity contribution in [2.24, 2.45) is 7.05 Å². The van der Waals surface area contributed by atoms with Crippen LogP contribution in [0.25, 0.3) is 0 Å². The lowest BCUT2D eigenvalue weighted by atomic mass is 10.2. The smallest absolute Gasteiger partial charge is 0.264 e. The summed E-state index contributed by atoms with van der Waals surface area (Å²) in [4.78, 5) is 23.4. The molecule has 0 aliphatic rings. The highest BCUT2D eigenvalue weighted by Gasteiger charge is 2.12. The van der Waals surface area contributed by atoms with E-state index in [-0.39, 0.29) is 11.5 Å². The molecule has 0 fully saturated rings. The minimum atomic E-state index is -0.271. The van der Waals surface area contributed by atoms with Gasteiger partial charge in [-0.2, -0.15) is 5.10 Å². The summed E-state index contributed by atoms with van der Waals surface area (Å²) in [6.45, 7) is 1.76. The van der Waals surface area contributed by atoms with Gasteiger partial charge >= 0.3 is 0 Å². The lowest BCUT2D eigenvalue weighted by Crippen LogP contribution is -2.19. The maximum atomic E-state index is 11.9. The van der Waals surface area contributed by atoms with Gasteiger partial charge < -0.3 is 9.88 Å².